The van der Waals surface area contributed by atoms with Crippen molar-refractivity contribution in [1.82, 2.24) is 0 Å². The molecule has 6 aromatic rings. The molecule has 336 valence electrons. The molecule has 0 saturated carbocycles. The molecule has 0 fully saturated rings. The third kappa shape index (κ3) is 7.59. The van der Waals surface area contributed by atoms with Crippen molar-refractivity contribution >= 4 is 39.6 Å². The molecule has 4 nitrogen and oxygen atoms in total. The van der Waals surface area contributed by atoms with E-state index in [1.165, 1.54) is 0 Å². The number of carbonyl (C=O) groups is 2. The van der Waals surface area contributed by atoms with Crippen molar-refractivity contribution in [3.8, 4) is 0 Å². The van der Waals surface area contributed by atoms with Gasteiger partial charge in [0.05, 0.1) is 0 Å². The summed E-state index contributed by atoms with van der Waals surface area (Å²) in [5.41, 5.74) is -13.4. The third-order valence-corrected chi connectivity index (χ3v) is 9.49. The maximum absolute atomic E-state index is 15.4. The van der Waals surface area contributed by atoms with Gasteiger partial charge in [-0.25, -0.2) is 87.8 Å². The van der Waals surface area contributed by atoms with E-state index in [1.807, 2.05) is 6.07 Å². The van der Waals surface area contributed by atoms with Crippen molar-refractivity contribution < 1.29 is 107 Å². The number of aliphatic hydroxyl groups excluding tert-OH is 1. The molecule has 25 heteroatoms. The largest absolute Gasteiger partial charge is 0.388 e. The number of aliphatic hydroxyl groups is 1. The highest BCUT2D eigenvalue weighted by molar-refractivity contribution is 7.20. The third-order valence-electron chi connectivity index (χ3n) is 9.49. The van der Waals surface area contributed by atoms with Crippen LogP contribution in [0.5, 0.6) is 0 Å². The molecule has 1 heterocycles. The average molecular weight is 935 g/mol. The molecule has 0 atom stereocenters. The highest BCUT2D eigenvalue weighted by Gasteiger charge is 2.52. The summed E-state index contributed by atoms with van der Waals surface area (Å²) in [6.07, 6.45) is -5.56. The SMILES string of the molecule is Fc1c(F)c(F)c([B-](c2c(F)c(F)c(F)c(F)c2F)(c2c(F)c(F)c(F)c(F)c2F)c2c(F)c(F)c(F)c(F)c2F)c(F)c1F.O=C(C[n+]1ccccc1C(=O)CO)c1ccccc1. The second kappa shape index (κ2) is 18.1. The van der Waals surface area contributed by atoms with Gasteiger partial charge in [0, 0.05) is 17.7 Å². The molecule has 0 unspecified atom stereocenters. The minimum absolute atomic E-state index is 0.0753. The monoisotopic (exact) mass is 935 g/mol. The van der Waals surface area contributed by atoms with Crippen LogP contribution >= 0.6 is 0 Å². The van der Waals surface area contributed by atoms with E-state index in [-0.39, 0.29) is 12.3 Å². The second-order valence-electron chi connectivity index (χ2n) is 12.9. The molecule has 0 saturated heterocycles. The Bertz CT molecular complexity index is 2510. The van der Waals surface area contributed by atoms with E-state index in [4.69, 9.17) is 5.11 Å². The molecule has 0 radical (unpaired) electrons. The molecule has 0 aliphatic rings. The van der Waals surface area contributed by atoms with Gasteiger partial charge in [-0.05, 0) is 6.07 Å². The minimum Gasteiger partial charge on any atom is -0.388 e. The number of nitrogens with zero attached hydrogens (tertiary/aromatic N) is 1. The molecule has 1 N–H and O–H groups in total. The molecule has 0 amide bonds. The average Bonchev–Trinajstić information content (AvgIpc) is 3.29. The molecular weight excluding hydrogens is 921 g/mol. The first-order valence-corrected chi connectivity index (χ1v) is 16.9. The summed E-state index contributed by atoms with van der Waals surface area (Å²) in [7, 11) is 0. The van der Waals surface area contributed by atoms with E-state index < -0.39 is 157 Å². The number of benzene rings is 5. The fourth-order valence-electron chi connectivity index (χ4n) is 6.69. The topological polar surface area (TPSA) is 58.2 Å². The quantitative estimate of drug-likeness (QED) is 0.0430. The smallest absolute Gasteiger partial charge is 0.251 e. The Morgan fingerprint density at radius 2 is 0.641 bits per heavy atom. The number of carbonyl (C=O) groups excluding carboxylic acids is 2. The Kier molecular flexibility index (Phi) is 13.7. The van der Waals surface area contributed by atoms with Crippen LogP contribution < -0.4 is 26.4 Å². The van der Waals surface area contributed by atoms with E-state index in [9.17, 15) is 62.3 Å². The second-order valence-corrected chi connectivity index (χ2v) is 12.9. The fraction of sp³-hybridized carbons (Fsp3) is 0.0513. The molecule has 0 aliphatic heterocycles. The van der Waals surface area contributed by atoms with Gasteiger partial charge in [-0.3, -0.25) is 9.59 Å². The normalized spacial score (nSPS) is 11.5. The van der Waals surface area contributed by atoms with Gasteiger partial charge in [0.15, 0.2) is 76.0 Å². The van der Waals surface area contributed by atoms with Gasteiger partial charge in [-0.15, -0.1) is 21.9 Å². The van der Waals surface area contributed by atoms with Gasteiger partial charge in [0.1, 0.15) is 59.3 Å². The number of hydrogen-bond donors (Lipinski definition) is 1. The molecule has 0 aliphatic carbocycles. The number of pyridine rings is 1. The number of Topliss-reactive ketones (excluding diaryl/α,β-unsaturated/α-hetero) is 2. The molecule has 5 aromatic carbocycles. The van der Waals surface area contributed by atoms with E-state index >= 15 is 35.1 Å². The van der Waals surface area contributed by atoms with Crippen LogP contribution in [0.15, 0.2) is 54.7 Å². The van der Waals surface area contributed by atoms with Crippen LogP contribution in [-0.4, -0.2) is 29.4 Å². The molecule has 64 heavy (non-hydrogen) atoms. The van der Waals surface area contributed by atoms with Crippen LogP contribution in [0.25, 0.3) is 0 Å². The van der Waals surface area contributed by atoms with Crippen LogP contribution in [-0.2, 0) is 6.54 Å². The van der Waals surface area contributed by atoms with Crippen molar-refractivity contribution in [2.45, 2.75) is 6.54 Å². The van der Waals surface area contributed by atoms with E-state index in [2.05, 4.69) is 0 Å². The first-order chi connectivity index (χ1) is 29.9. The Morgan fingerprint density at radius 3 is 0.922 bits per heavy atom. The number of halogens is 20. The molecule has 1 aromatic heterocycles. The van der Waals surface area contributed by atoms with E-state index in [1.54, 1.807) is 53.2 Å². The predicted molar refractivity (Wildman–Crippen MR) is 178 cm³/mol. The number of rotatable bonds is 9. The maximum Gasteiger partial charge on any atom is 0.251 e. The van der Waals surface area contributed by atoms with Crippen LogP contribution in [0.2, 0.25) is 0 Å². The van der Waals surface area contributed by atoms with Crippen molar-refractivity contribution in [2.24, 2.45) is 0 Å². The van der Waals surface area contributed by atoms with Crippen molar-refractivity contribution in [3.05, 3.63) is 182 Å². The van der Waals surface area contributed by atoms with Gasteiger partial charge in [0.25, 0.3) is 11.5 Å². The highest BCUT2D eigenvalue weighted by Crippen LogP contribution is 2.30. The van der Waals surface area contributed by atoms with Gasteiger partial charge in [-0.2, -0.15) is 4.57 Å². The van der Waals surface area contributed by atoms with Gasteiger partial charge in [0.2, 0.25) is 12.3 Å². The first-order valence-electron chi connectivity index (χ1n) is 16.9. The zero-order valence-corrected chi connectivity index (χ0v) is 30.5. The summed E-state index contributed by atoms with van der Waals surface area (Å²) in [4.78, 5) is 23.7. The standard InChI is InChI=1S/C24BF20.C15H14NO3/c26-5-1(6(27)14(35)21(42)13(5)34)25(2-7(28)15(36)22(43)16(37)8(2)29,3-9(30)17(38)23(44)18(39)10(3)31)4-11(32)19(40)24(45)20(41)12(4)33;17-11-15(19)13-8-4-5-9-16(13)10-14(18)12-6-2-1-3-7-12/h;1-9,17H,10-11H2/q-1;+1. The molecular formula is C39H14BF20NO3. The summed E-state index contributed by atoms with van der Waals surface area (Å²) in [6.45, 7) is -0.491. The van der Waals surface area contributed by atoms with E-state index in [0.29, 0.717) is 11.3 Å². The maximum atomic E-state index is 15.4. The molecule has 0 spiro atoms. The Hall–Kier alpha value is -6.79. The van der Waals surface area contributed by atoms with Crippen molar-refractivity contribution in [3.63, 3.8) is 0 Å². The highest BCUT2D eigenvalue weighted by atomic mass is 19.2. The number of hydrogen-bond acceptors (Lipinski definition) is 3. The summed E-state index contributed by atoms with van der Waals surface area (Å²) in [6, 6.07) is 13.9. The lowest BCUT2D eigenvalue weighted by atomic mass is 9.12. The van der Waals surface area contributed by atoms with Crippen molar-refractivity contribution in [2.75, 3.05) is 6.61 Å². The lowest BCUT2D eigenvalue weighted by molar-refractivity contribution is -0.685. The van der Waals surface area contributed by atoms with Crippen LogP contribution in [0.4, 0.5) is 87.8 Å². The molecule has 0 bridgehead atoms. The van der Waals surface area contributed by atoms with Crippen LogP contribution in [0.1, 0.15) is 20.8 Å². The van der Waals surface area contributed by atoms with Crippen molar-refractivity contribution in [1.29, 1.82) is 0 Å². The Morgan fingerprint density at radius 1 is 0.375 bits per heavy atom. The number of aromatic nitrogens is 1. The summed E-state index contributed by atoms with van der Waals surface area (Å²) in [5.74, 6) is -71.9. The predicted octanol–water partition coefficient (Wildman–Crippen LogP) is 6.88. The zero-order chi connectivity index (χ0) is 48.0. The summed E-state index contributed by atoms with van der Waals surface area (Å²) in [5, 5.41) is 8.92. The fourth-order valence-corrected chi connectivity index (χ4v) is 6.69. The Balaban J connectivity index is 0.000000337. The minimum atomic E-state index is -7.22. The van der Waals surface area contributed by atoms with Gasteiger partial charge < -0.3 is 5.11 Å². The first kappa shape index (κ1) is 48.3. The Labute approximate surface area is 342 Å². The van der Waals surface area contributed by atoms with Gasteiger partial charge >= 0.3 is 0 Å². The summed E-state index contributed by atoms with van der Waals surface area (Å²) < 4.78 is 296. The van der Waals surface area contributed by atoms with Gasteiger partial charge in [-0.1, -0.05) is 30.3 Å². The lowest BCUT2D eigenvalue weighted by Gasteiger charge is -2.44. The zero-order valence-electron chi connectivity index (χ0n) is 30.5. The molecule has 6 rings (SSSR count). The number of ketones is 2. The van der Waals surface area contributed by atoms with Crippen LogP contribution in [0, 0.1) is 116 Å². The van der Waals surface area contributed by atoms with E-state index in [0.717, 1.165) is 0 Å². The summed E-state index contributed by atoms with van der Waals surface area (Å²) >= 11 is 0. The van der Waals surface area contributed by atoms with Crippen LogP contribution in [0.3, 0.4) is 0 Å². The lowest BCUT2D eigenvalue weighted by Crippen LogP contribution is -2.81.